The van der Waals surface area contributed by atoms with E-state index in [9.17, 15) is 18.0 Å². The van der Waals surface area contributed by atoms with Crippen LogP contribution in [-0.4, -0.2) is 50.3 Å². The number of rotatable bonds is 7. The minimum atomic E-state index is -4.13. The molecule has 0 radical (unpaired) electrons. The van der Waals surface area contributed by atoms with E-state index in [1.165, 1.54) is 5.57 Å². The van der Waals surface area contributed by atoms with E-state index in [-0.39, 0.29) is 24.9 Å². The molecule has 0 bridgehead atoms. The number of nitrogens with zero attached hydrogens (tertiary/aromatic N) is 1. The molecule has 1 amide bonds. The molecule has 1 atom stereocenters. The minimum absolute atomic E-state index is 0.0338. The maximum Gasteiger partial charge on any atom is 0.389 e. The molecule has 4 nitrogen and oxygen atoms in total. The summed E-state index contributed by atoms with van der Waals surface area (Å²) < 4.78 is 42.1. The zero-order valence-electron chi connectivity index (χ0n) is 16.3. The molecule has 154 valence electrons. The number of fused-ring (bicyclic) bond motifs is 1. The molecule has 2 aliphatic rings. The number of hydrogen-bond acceptors (Lipinski definition) is 3. The van der Waals surface area contributed by atoms with Gasteiger partial charge in [-0.3, -0.25) is 9.69 Å². The van der Waals surface area contributed by atoms with E-state index in [1.807, 2.05) is 18.2 Å². The highest BCUT2D eigenvalue weighted by Crippen LogP contribution is 2.32. The molecule has 1 saturated heterocycles. The summed E-state index contributed by atoms with van der Waals surface area (Å²) in [6.45, 7) is 4.70. The lowest BCUT2D eigenvalue weighted by molar-refractivity contribution is -0.136. The van der Waals surface area contributed by atoms with Crippen molar-refractivity contribution >= 4 is 12.0 Å². The normalized spacial score (nSPS) is 20.2. The number of benzene rings is 1. The van der Waals surface area contributed by atoms with E-state index in [2.05, 4.69) is 23.2 Å². The Bertz CT molecular complexity index is 740. The van der Waals surface area contributed by atoms with Gasteiger partial charge in [-0.25, -0.2) is 0 Å². The summed E-state index contributed by atoms with van der Waals surface area (Å²) in [7, 11) is 1.67. The van der Waals surface area contributed by atoms with E-state index in [1.54, 1.807) is 7.05 Å². The van der Waals surface area contributed by atoms with Gasteiger partial charge in [0.1, 0.15) is 5.75 Å². The second-order valence-electron chi connectivity index (χ2n) is 7.76. The molecule has 1 aliphatic heterocycles. The molecule has 1 aromatic rings. The first kappa shape index (κ1) is 20.7. The molecule has 0 saturated carbocycles. The van der Waals surface area contributed by atoms with Crippen LogP contribution in [-0.2, 0) is 11.2 Å². The zero-order chi connectivity index (χ0) is 20.3. The molecule has 1 fully saturated rings. The number of halogens is 3. The highest BCUT2D eigenvalue weighted by molar-refractivity contribution is 5.79. The molecule has 1 aliphatic carbocycles. The fourth-order valence-electron chi connectivity index (χ4n) is 3.78. The number of carbonyl (C=O) groups excluding carboxylic acids is 1. The third kappa shape index (κ3) is 5.28. The standard InChI is InChI=1S/C21H27F3N2O2/c1-14-8-16-10-19(28-7-3-6-21(22,23)24)5-4-15(16)9-17(14)11-26-12-18(13-26)20(27)25-2/h4-5,9-10,14,18H,3,6-8,11-13H2,1-2H3,(H,25,27)/t14-/m0/s1. The van der Waals surface area contributed by atoms with Crippen LogP contribution >= 0.6 is 0 Å². The minimum Gasteiger partial charge on any atom is -0.494 e. The lowest BCUT2D eigenvalue weighted by Gasteiger charge is -2.40. The van der Waals surface area contributed by atoms with Crippen molar-refractivity contribution in [3.63, 3.8) is 0 Å². The van der Waals surface area contributed by atoms with Crippen molar-refractivity contribution in [2.45, 2.75) is 32.4 Å². The molecule has 7 heteroatoms. The molecule has 0 spiro atoms. The van der Waals surface area contributed by atoms with E-state index in [0.29, 0.717) is 11.7 Å². The van der Waals surface area contributed by atoms with Crippen molar-refractivity contribution in [3.05, 3.63) is 34.9 Å². The Morgan fingerprint density at radius 3 is 2.75 bits per heavy atom. The summed E-state index contributed by atoms with van der Waals surface area (Å²) in [6, 6.07) is 5.74. The third-order valence-corrected chi connectivity index (χ3v) is 5.47. The van der Waals surface area contributed by atoms with Gasteiger partial charge in [0, 0.05) is 33.1 Å². The van der Waals surface area contributed by atoms with Crippen LogP contribution in [0.25, 0.3) is 6.08 Å². The summed E-state index contributed by atoms with van der Waals surface area (Å²) in [5, 5.41) is 2.70. The monoisotopic (exact) mass is 396 g/mol. The quantitative estimate of drug-likeness (QED) is 0.716. The van der Waals surface area contributed by atoms with Crippen LogP contribution in [0.5, 0.6) is 5.75 Å². The predicted octanol–water partition coefficient (Wildman–Crippen LogP) is 3.66. The van der Waals surface area contributed by atoms with Crippen LogP contribution in [0, 0.1) is 11.8 Å². The SMILES string of the molecule is CNC(=O)C1CN(CC2=Cc3ccc(OCCCC(F)(F)F)cc3C[C@@H]2C)C1. The Balaban J connectivity index is 1.55. The summed E-state index contributed by atoms with van der Waals surface area (Å²) in [5.41, 5.74) is 3.65. The highest BCUT2D eigenvalue weighted by atomic mass is 19.4. The summed E-state index contributed by atoms with van der Waals surface area (Å²) in [4.78, 5) is 13.9. The number of nitrogens with one attached hydrogen (secondary N) is 1. The molecule has 28 heavy (non-hydrogen) atoms. The number of alkyl halides is 3. The summed E-state index contributed by atoms with van der Waals surface area (Å²) in [6.07, 6.45) is -1.91. The Morgan fingerprint density at radius 2 is 2.07 bits per heavy atom. The van der Waals surface area contributed by atoms with Crippen LogP contribution in [0.1, 0.15) is 30.9 Å². The number of ether oxygens (including phenoxy) is 1. The van der Waals surface area contributed by atoms with Crippen molar-refractivity contribution in [1.29, 1.82) is 0 Å². The van der Waals surface area contributed by atoms with Gasteiger partial charge < -0.3 is 10.1 Å². The first-order valence-electron chi connectivity index (χ1n) is 9.72. The molecule has 3 rings (SSSR count). The van der Waals surface area contributed by atoms with Gasteiger partial charge in [-0.15, -0.1) is 0 Å². The van der Waals surface area contributed by atoms with E-state index < -0.39 is 12.6 Å². The number of amides is 1. The van der Waals surface area contributed by atoms with Crippen molar-refractivity contribution in [3.8, 4) is 5.75 Å². The lowest BCUT2D eigenvalue weighted by atomic mass is 9.83. The lowest BCUT2D eigenvalue weighted by Crippen LogP contribution is -2.53. The number of hydrogen-bond donors (Lipinski definition) is 1. The Labute approximate surface area is 163 Å². The van der Waals surface area contributed by atoms with E-state index >= 15 is 0 Å². The van der Waals surface area contributed by atoms with Crippen LogP contribution in [0.2, 0.25) is 0 Å². The van der Waals surface area contributed by atoms with Crippen LogP contribution < -0.4 is 10.1 Å². The molecular formula is C21H27F3N2O2. The highest BCUT2D eigenvalue weighted by Gasteiger charge is 2.33. The smallest absolute Gasteiger partial charge is 0.389 e. The number of likely N-dealkylation sites (tertiary alicyclic amines) is 1. The molecule has 1 heterocycles. The van der Waals surface area contributed by atoms with Crippen LogP contribution in [0.4, 0.5) is 13.2 Å². The Hall–Kier alpha value is -2.02. The first-order chi connectivity index (χ1) is 13.2. The third-order valence-electron chi connectivity index (χ3n) is 5.47. The van der Waals surface area contributed by atoms with Crippen molar-refractivity contribution in [2.24, 2.45) is 11.8 Å². The van der Waals surface area contributed by atoms with Crippen molar-refractivity contribution in [1.82, 2.24) is 10.2 Å². The van der Waals surface area contributed by atoms with Gasteiger partial charge in [0.05, 0.1) is 12.5 Å². The average molecular weight is 396 g/mol. The maximum absolute atomic E-state index is 12.2. The zero-order valence-corrected chi connectivity index (χ0v) is 16.3. The summed E-state index contributed by atoms with van der Waals surface area (Å²) >= 11 is 0. The molecule has 0 aromatic heterocycles. The van der Waals surface area contributed by atoms with Gasteiger partial charge in [0.15, 0.2) is 0 Å². The average Bonchev–Trinajstić information content (AvgIpc) is 2.60. The van der Waals surface area contributed by atoms with Crippen LogP contribution in [0.3, 0.4) is 0 Å². The van der Waals surface area contributed by atoms with Gasteiger partial charge in [0.2, 0.25) is 5.91 Å². The topological polar surface area (TPSA) is 41.6 Å². The van der Waals surface area contributed by atoms with Crippen molar-refractivity contribution < 1.29 is 22.7 Å². The molecule has 1 aromatic carbocycles. The number of carbonyl (C=O) groups is 1. The fraction of sp³-hybridized carbons (Fsp3) is 0.571. The van der Waals surface area contributed by atoms with Crippen LogP contribution in [0.15, 0.2) is 23.8 Å². The molecule has 1 N–H and O–H groups in total. The first-order valence-corrected chi connectivity index (χ1v) is 9.72. The fourth-order valence-corrected chi connectivity index (χ4v) is 3.78. The van der Waals surface area contributed by atoms with Gasteiger partial charge in [-0.1, -0.05) is 24.6 Å². The van der Waals surface area contributed by atoms with Gasteiger partial charge in [-0.2, -0.15) is 13.2 Å². The van der Waals surface area contributed by atoms with Gasteiger partial charge in [-0.05, 0) is 42.0 Å². The largest absolute Gasteiger partial charge is 0.494 e. The molecule has 0 unspecified atom stereocenters. The van der Waals surface area contributed by atoms with Gasteiger partial charge >= 0.3 is 6.18 Å². The van der Waals surface area contributed by atoms with Crippen molar-refractivity contribution in [2.75, 3.05) is 33.3 Å². The Kier molecular flexibility index (Phi) is 6.33. The second-order valence-corrected chi connectivity index (χ2v) is 7.76. The second kappa shape index (κ2) is 8.55. The predicted molar refractivity (Wildman–Crippen MR) is 102 cm³/mol. The van der Waals surface area contributed by atoms with E-state index in [0.717, 1.165) is 37.2 Å². The maximum atomic E-state index is 12.2. The van der Waals surface area contributed by atoms with E-state index in [4.69, 9.17) is 4.74 Å². The summed E-state index contributed by atoms with van der Waals surface area (Å²) in [5.74, 6) is 1.21. The Morgan fingerprint density at radius 1 is 1.32 bits per heavy atom. The molecular weight excluding hydrogens is 369 g/mol. The van der Waals surface area contributed by atoms with Gasteiger partial charge in [0.25, 0.3) is 0 Å².